The van der Waals surface area contributed by atoms with Crippen LogP contribution in [0.2, 0.25) is 0 Å². The van der Waals surface area contributed by atoms with Gasteiger partial charge >= 0.3 is 0 Å². The molecule has 0 bridgehead atoms. The number of rotatable bonds is 6. The molecule has 0 spiro atoms. The van der Waals surface area contributed by atoms with Crippen LogP contribution in [0.25, 0.3) is 0 Å². The SMILES string of the molecule is CC[C@H](C)NC(=O)[C@@H]1CC(=O)N(c2cc(OC)ccc2OC)C1. The lowest BCUT2D eigenvalue weighted by molar-refractivity contribution is -0.126. The predicted octanol–water partition coefficient (Wildman–Crippen LogP) is 1.97. The number of nitrogens with one attached hydrogen (secondary N) is 1. The van der Waals surface area contributed by atoms with Crippen LogP contribution in [0.5, 0.6) is 11.5 Å². The molecule has 0 aliphatic carbocycles. The normalized spacial score (nSPS) is 18.7. The Balaban J connectivity index is 2.19. The van der Waals surface area contributed by atoms with Crippen molar-refractivity contribution >= 4 is 17.5 Å². The summed E-state index contributed by atoms with van der Waals surface area (Å²) in [6.45, 7) is 4.32. The molecule has 1 heterocycles. The second-order valence-corrected chi connectivity index (χ2v) is 5.76. The zero-order valence-electron chi connectivity index (χ0n) is 14.1. The molecule has 2 rings (SSSR count). The van der Waals surface area contributed by atoms with Crippen LogP contribution in [0.4, 0.5) is 5.69 Å². The molecule has 126 valence electrons. The second-order valence-electron chi connectivity index (χ2n) is 5.76. The summed E-state index contributed by atoms with van der Waals surface area (Å²) in [5, 5.41) is 2.94. The molecule has 2 amide bonds. The summed E-state index contributed by atoms with van der Waals surface area (Å²) < 4.78 is 10.6. The van der Waals surface area contributed by atoms with Gasteiger partial charge in [-0.2, -0.15) is 0 Å². The van der Waals surface area contributed by atoms with Crippen LogP contribution in [0.15, 0.2) is 18.2 Å². The molecule has 6 heteroatoms. The summed E-state index contributed by atoms with van der Waals surface area (Å²) in [4.78, 5) is 26.2. The van der Waals surface area contributed by atoms with E-state index < -0.39 is 0 Å². The first kappa shape index (κ1) is 17.1. The molecule has 0 radical (unpaired) electrons. The molecule has 0 saturated carbocycles. The van der Waals surface area contributed by atoms with Crippen molar-refractivity contribution in [1.29, 1.82) is 0 Å². The van der Waals surface area contributed by atoms with Gasteiger partial charge in [-0.1, -0.05) is 6.92 Å². The molecular formula is C17H24N2O4. The van der Waals surface area contributed by atoms with Crippen LogP contribution in [0.1, 0.15) is 26.7 Å². The van der Waals surface area contributed by atoms with E-state index in [9.17, 15) is 9.59 Å². The third-order valence-electron chi connectivity index (χ3n) is 4.17. The summed E-state index contributed by atoms with van der Waals surface area (Å²) in [7, 11) is 3.12. The lowest BCUT2D eigenvalue weighted by Crippen LogP contribution is -2.38. The molecule has 1 N–H and O–H groups in total. The highest BCUT2D eigenvalue weighted by molar-refractivity contribution is 6.01. The van der Waals surface area contributed by atoms with E-state index in [1.807, 2.05) is 13.8 Å². The Morgan fingerprint density at radius 1 is 1.39 bits per heavy atom. The topological polar surface area (TPSA) is 67.9 Å². The van der Waals surface area contributed by atoms with Gasteiger partial charge in [-0.05, 0) is 25.5 Å². The van der Waals surface area contributed by atoms with Crippen molar-refractivity contribution in [3.63, 3.8) is 0 Å². The van der Waals surface area contributed by atoms with Gasteiger partial charge in [0.15, 0.2) is 0 Å². The minimum Gasteiger partial charge on any atom is -0.497 e. The monoisotopic (exact) mass is 320 g/mol. The van der Waals surface area contributed by atoms with Gasteiger partial charge in [0.25, 0.3) is 0 Å². The van der Waals surface area contributed by atoms with E-state index in [2.05, 4.69) is 5.32 Å². The summed E-state index contributed by atoms with van der Waals surface area (Å²) in [5.74, 6) is 0.730. The molecule has 1 fully saturated rings. The van der Waals surface area contributed by atoms with Gasteiger partial charge in [0.05, 0.1) is 25.8 Å². The Morgan fingerprint density at radius 2 is 2.13 bits per heavy atom. The summed E-state index contributed by atoms with van der Waals surface area (Å²) in [6, 6.07) is 5.40. The number of carbonyl (C=O) groups excluding carboxylic acids is 2. The molecule has 1 aliphatic rings. The van der Waals surface area contributed by atoms with Gasteiger partial charge in [0.1, 0.15) is 11.5 Å². The molecule has 0 aromatic heterocycles. The molecule has 6 nitrogen and oxygen atoms in total. The summed E-state index contributed by atoms with van der Waals surface area (Å²) in [5.41, 5.74) is 0.635. The quantitative estimate of drug-likeness (QED) is 0.870. The van der Waals surface area contributed by atoms with Crippen LogP contribution in [0, 0.1) is 5.92 Å². The van der Waals surface area contributed by atoms with Gasteiger partial charge in [0.2, 0.25) is 11.8 Å². The number of methoxy groups -OCH3 is 2. The fraction of sp³-hybridized carbons (Fsp3) is 0.529. The van der Waals surface area contributed by atoms with Crippen molar-refractivity contribution in [2.45, 2.75) is 32.7 Å². The van der Waals surface area contributed by atoms with Crippen molar-refractivity contribution in [3.05, 3.63) is 18.2 Å². The highest BCUT2D eigenvalue weighted by Gasteiger charge is 2.36. The van der Waals surface area contributed by atoms with E-state index in [1.54, 1.807) is 37.3 Å². The van der Waals surface area contributed by atoms with Gasteiger partial charge in [0, 0.05) is 25.1 Å². The summed E-state index contributed by atoms with van der Waals surface area (Å²) >= 11 is 0. The van der Waals surface area contributed by atoms with Crippen LogP contribution in [0.3, 0.4) is 0 Å². The minimum absolute atomic E-state index is 0.0722. The summed E-state index contributed by atoms with van der Waals surface area (Å²) in [6.07, 6.45) is 1.07. The Bertz CT molecular complexity index is 588. The molecule has 0 unspecified atom stereocenters. The Labute approximate surface area is 136 Å². The lowest BCUT2D eigenvalue weighted by Gasteiger charge is -2.20. The maximum absolute atomic E-state index is 12.4. The van der Waals surface area contributed by atoms with Crippen LogP contribution >= 0.6 is 0 Å². The third-order valence-corrected chi connectivity index (χ3v) is 4.17. The van der Waals surface area contributed by atoms with E-state index in [4.69, 9.17) is 9.47 Å². The largest absolute Gasteiger partial charge is 0.497 e. The van der Waals surface area contributed by atoms with E-state index >= 15 is 0 Å². The molecule has 1 aromatic carbocycles. The maximum atomic E-state index is 12.4. The number of carbonyl (C=O) groups is 2. The first-order valence-electron chi connectivity index (χ1n) is 7.82. The third kappa shape index (κ3) is 3.75. The average Bonchev–Trinajstić information content (AvgIpc) is 2.95. The number of ether oxygens (including phenoxy) is 2. The van der Waals surface area contributed by atoms with E-state index in [0.717, 1.165) is 6.42 Å². The lowest BCUT2D eigenvalue weighted by atomic mass is 10.1. The average molecular weight is 320 g/mol. The molecule has 23 heavy (non-hydrogen) atoms. The van der Waals surface area contributed by atoms with Crippen LogP contribution in [-0.2, 0) is 9.59 Å². The van der Waals surface area contributed by atoms with Crippen LogP contribution in [-0.4, -0.2) is 38.6 Å². The fourth-order valence-electron chi connectivity index (χ4n) is 2.59. The van der Waals surface area contributed by atoms with Crippen molar-refractivity contribution < 1.29 is 19.1 Å². The zero-order chi connectivity index (χ0) is 17.0. The van der Waals surface area contributed by atoms with E-state index in [1.165, 1.54) is 0 Å². The van der Waals surface area contributed by atoms with Crippen molar-refractivity contribution in [1.82, 2.24) is 5.32 Å². The van der Waals surface area contributed by atoms with Gasteiger partial charge in [-0.3, -0.25) is 9.59 Å². The maximum Gasteiger partial charge on any atom is 0.227 e. The van der Waals surface area contributed by atoms with Gasteiger partial charge < -0.3 is 19.7 Å². The fourth-order valence-corrected chi connectivity index (χ4v) is 2.59. The predicted molar refractivity (Wildman–Crippen MR) is 87.9 cm³/mol. The Hall–Kier alpha value is -2.24. The smallest absolute Gasteiger partial charge is 0.227 e. The first-order chi connectivity index (χ1) is 11.0. The highest BCUT2D eigenvalue weighted by Crippen LogP contribution is 2.36. The van der Waals surface area contributed by atoms with Gasteiger partial charge in [-0.25, -0.2) is 0 Å². The first-order valence-corrected chi connectivity index (χ1v) is 7.82. The Morgan fingerprint density at radius 3 is 2.74 bits per heavy atom. The van der Waals surface area contributed by atoms with E-state index in [-0.39, 0.29) is 30.2 Å². The number of anilines is 1. The highest BCUT2D eigenvalue weighted by atomic mass is 16.5. The van der Waals surface area contributed by atoms with Crippen molar-refractivity contribution in [2.75, 3.05) is 25.7 Å². The number of hydrogen-bond acceptors (Lipinski definition) is 4. The van der Waals surface area contributed by atoms with E-state index in [0.29, 0.717) is 23.7 Å². The molecule has 1 saturated heterocycles. The number of benzene rings is 1. The molecule has 1 aromatic rings. The minimum atomic E-state index is -0.340. The molecule has 2 atom stereocenters. The number of hydrogen-bond donors (Lipinski definition) is 1. The molecular weight excluding hydrogens is 296 g/mol. The Kier molecular flexibility index (Phi) is 5.47. The number of amides is 2. The van der Waals surface area contributed by atoms with Crippen molar-refractivity contribution in [2.24, 2.45) is 5.92 Å². The second kappa shape index (κ2) is 7.35. The number of nitrogens with zero attached hydrogens (tertiary/aromatic N) is 1. The molecule has 1 aliphatic heterocycles. The van der Waals surface area contributed by atoms with Gasteiger partial charge in [-0.15, -0.1) is 0 Å². The zero-order valence-corrected chi connectivity index (χ0v) is 14.1. The van der Waals surface area contributed by atoms with Crippen molar-refractivity contribution in [3.8, 4) is 11.5 Å². The standard InChI is InChI=1S/C17H24N2O4/c1-5-11(2)18-17(21)12-8-16(20)19(10-12)14-9-13(22-3)6-7-15(14)23-4/h6-7,9,11-12H,5,8,10H2,1-4H3,(H,18,21)/t11-,12+/m0/s1. The van der Waals surface area contributed by atoms with Crippen LogP contribution < -0.4 is 19.7 Å².